The molecule has 1 rings (SSSR count). The molecule has 0 heterocycles. The van der Waals surface area contributed by atoms with Crippen LogP contribution in [0, 0.1) is 6.92 Å². The molecular weight excluding hydrogens is 190 g/mol. The number of hydrogen-bond donors (Lipinski definition) is 1. The standard InChI is InChI=1S/C12H19NS/c1-4-9(2)14-8-11-6-5-7-12(13)10(11)3/h5-7,9H,4,8,13H2,1-3H3. The maximum absolute atomic E-state index is 5.85. The van der Waals surface area contributed by atoms with Gasteiger partial charge < -0.3 is 5.73 Å². The Hall–Kier alpha value is -0.630. The molecule has 1 aromatic rings. The predicted octanol–water partition coefficient (Wildman–Crippen LogP) is 3.61. The van der Waals surface area contributed by atoms with Crippen molar-refractivity contribution in [2.45, 2.75) is 38.2 Å². The summed E-state index contributed by atoms with van der Waals surface area (Å²) in [5, 5.41) is 0.732. The van der Waals surface area contributed by atoms with E-state index in [4.69, 9.17) is 5.73 Å². The molecule has 1 unspecified atom stereocenters. The first kappa shape index (κ1) is 11.4. The summed E-state index contributed by atoms with van der Waals surface area (Å²) < 4.78 is 0. The Bertz CT molecular complexity index is 296. The lowest BCUT2D eigenvalue weighted by Crippen LogP contribution is -1.97. The third-order valence-corrected chi connectivity index (χ3v) is 3.97. The number of anilines is 1. The fourth-order valence-corrected chi connectivity index (χ4v) is 2.22. The zero-order valence-electron chi connectivity index (χ0n) is 9.21. The summed E-state index contributed by atoms with van der Waals surface area (Å²) in [7, 11) is 0. The zero-order valence-corrected chi connectivity index (χ0v) is 10.0. The van der Waals surface area contributed by atoms with Crippen molar-refractivity contribution in [1.29, 1.82) is 0 Å². The first-order valence-corrected chi connectivity index (χ1v) is 6.15. The van der Waals surface area contributed by atoms with Gasteiger partial charge in [-0.3, -0.25) is 0 Å². The number of thioether (sulfide) groups is 1. The van der Waals surface area contributed by atoms with E-state index >= 15 is 0 Å². The lowest BCUT2D eigenvalue weighted by atomic mass is 10.1. The van der Waals surface area contributed by atoms with E-state index in [9.17, 15) is 0 Å². The van der Waals surface area contributed by atoms with Crippen molar-refractivity contribution >= 4 is 17.4 Å². The Kier molecular flexibility index (Phi) is 4.33. The van der Waals surface area contributed by atoms with Crippen molar-refractivity contribution < 1.29 is 0 Å². The first-order chi connectivity index (χ1) is 6.65. The summed E-state index contributed by atoms with van der Waals surface area (Å²) in [4.78, 5) is 0. The summed E-state index contributed by atoms with van der Waals surface area (Å²) in [5.41, 5.74) is 9.37. The molecule has 1 atom stereocenters. The molecule has 1 aromatic carbocycles. The molecule has 78 valence electrons. The predicted molar refractivity (Wildman–Crippen MR) is 66.6 cm³/mol. The molecule has 1 nitrogen and oxygen atoms in total. The van der Waals surface area contributed by atoms with E-state index in [1.54, 1.807) is 0 Å². The molecule has 0 bridgehead atoms. The van der Waals surface area contributed by atoms with Gasteiger partial charge >= 0.3 is 0 Å². The normalized spacial score (nSPS) is 12.8. The minimum Gasteiger partial charge on any atom is -0.399 e. The van der Waals surface area contributed by atoms with Gasteiger partial charge in [-0.25, -0.2) is 0 Å². The average Bonchev–Trinajstić information content (AvgIpc) is 2.20. The summed E-state index contributed by atoms with van der Waals surface area (Å²) in [6, 6.07) is 6.17. The maximum Gasteiger partial charge on any atom is 0.0346 e. The molecule has 0 saturated heterocycles. The second-order valence-electron chi connectivity index (χ2n) is 3.66. The monoisotopic (exact) mass is 209 g/mol. The average molecular weight is 209 g/mol. The quantitative estimate of drug-likeness (QED) is 0.767. The third-order valence-electron chi connectivity index (χ3n) is 2.59. The smallest absolute Gasteiger partial charge is 0.0346 e. The molecule has 2 N–H and O–H groups in total. The van der Waals surface area contributed by atoms with Gasteiger partial charge in [-0.1, -0.05) is 26.0 Å². The van der Waals surface area contributed by atoms with Crippen molar-refractivity contribution in [3.8, 4) is 0 Å². The van der Waals surface area contributed by atoms with Gasteiger partial charge in [0.2, 0.25) is 0 Å². The SMILES string of the molecule is CCC(C)SCc1cccc(N)c1C. The van der Waals surface area contributed by atoms with Crippen LogP contribution in [0.3, 0.4) is 0 Å². The van der Waals surface area contributed by atoms with Crippen LogP contribution in [-0.4, -0.2) is 5.25 Å². The maximum atomic E-state index is 5.85. The lowest BCUT2D eigenvalue weighted by Gasteiger charge is -2.11. The molecule has 0 spiro atoms. The second kappa shape index (κ2) is 5.30. The molecule has 0 amide bonds. The van der Waals surface area contributed by atoms with E-state index in [2.05, 4.69) is 26.8 Å². The van der Waals surface area contributed by atoms with E-state index in [-0.39, 0.29) is 0 Å². The van der Waals surface area contributed by atoms with Gasteiger partial charge in [-0.05, 0) is 30.5 Å². The van der Waals surface area contributed by atoms with Crippen LogP contribution in [0.5, 0.6) is 0 Å². The van der Waals surface area contributed by atoms with Crippen LogP contribution in [0.15, 0.2) is 18.2 Å². The minimum absolute atomic E-state index is 0.732. The van der Waals surface area contributed by atoms with Crippen LogP contribution >= 0.6 is 11.8 Å². The minimum atomic E-state index is 0.732. The molecule has 0 radical (unpaired) electrons. The molecule has 0 aliphatic carbocycles. The van der Waals surface area contributed by atoms with Crippen molar-refractivity contribution in [1.82, 2.24) is 0 Å². The van der Waals surface area contributed by atoms with E-state index in [0.29, 0.717) is 0 Å². The van der Waals surface area contributed by atoms with Gasteiger partial charge in [-0.15, -0.1) is 0 Å². The van der Waals surface area contributed by atoms with Gasteiger partial charge in [0.05, 0.1) is 0 Å². The van der Waals surface area contributed by atoms with Crippen LogP contribution in [-0.2, 0) is 5.75 Å². The number of nitrogens with two attached hydrogens (primary N) is 1. The summed E-state index contributed by atoms with van der Waals surface area (Å²) in [6.45, 7) is 6.60. The fourth-order valence-electron chi connectivity index (χ4n) is 1.21. The van der Waals surface area contributed by atoms with E-state index in [0.717, 1.165) is 16.7 Å². The van der Waals surface area contributed by atoms with Crippen molar-refractivity contribution in [2.75, 3.05) is 5.73 Å². The highest BCUT2D eigenvalue weighted by Crippen LogP contribution is 2.24. The van der Waals surface area contributed by atoms with Crippen LogP contribution in [0.1, 0.15) is 31.4 Å². The Morgan fingerprint density at radius 3 is 2.79 bits per heavy atom. The van der Waals surface area contributed by atoms with Gasteiger partial charge in [-0.2, -0.15) is 11.8 Å². The molecular formula is C12H19NS. The Morgan fingerprint density at radius 2 is 2.14 bits per heavy atom. The van der Waals surface area contributed by atoms with Crippen LogP contribution in [0.2, 0.25) is 0 Å². The number of hydrogen-bond acceptors (Lipinski definition) is 2. The molecule has 0 saturated carbocycles. The second-order valence-corrected chi connectivity index (χ2v) is 5.09. The Labute approximate surface area is 91.1 Å². The molecule has 0 fully saturated rings. The third kappa shape index (κ3) is 2.95. The molecule has 0 aliphatic rings. The van der Waals surface area contributed by atoms with Crippen LogP contribution in [0.4, 0.5) is 5.69 Å². The van der Waals surface area contributed by atoms with Crippen LogP contribution in [0.25, 0.3) is 0 Å². The molecule has 0 aliphatic heterocycles. The van der Waals surface area contributed by atoms with Crippen LogP contribution < -0.4 is 5.73 Å². The first-order valence-electron chi connectivity index (χ1n) is 5.10. The number of benzene rings is 1. The van der Waals surface area contributed by atoms with Gasteiger partial charge in [0.1, 0.15) is 0 Å². The van der Waals surface area contributed by atoms with Crippen molar-refractivity contribution in [3.63, 3.8) is 0 Å². The van der Waals surface area contributed by atoms with E-state index in [1.165, 1.54) is 17.5 Å². The zero-order chi connectivity index (χ0) is 10.6. The van der Waals surface area contributed by atoms with Gasteiger partial charge in [0.15, 0.2) is 0 Å². The summed E-state index contributed by atoms with van der Waals surface area (Å²) in [5.74, 6) is 1.08. The number of nitrogen functional groups attached to an aromatic ring is 1. The number of rotatable bonds is 4. The van der Waals surface area contributed by atoms with E-state index < -0.39 is 0 Å². The Morgan fingerprint density at radius 1 is 1.43 bits per heavy atom. The molecule has 14 heavy (non-hydrogen) atoms. The highest BCUT2D eigenvalue weighted by molar-refractivity contribution is 7.99. The highest BCUT2D eigenvalue weighted by atomic mass is 32.2. The molecule has 2 heteroatoms. The van der Waals surface area contributed by atoms with Crippen molar-refractivity contribution in [3.05, 3.63) is 29.3 Å². The van der Waals surface area contributed by atoms with Crippen molar-refractivity contribution in [2.24, 2.45) is 0 Å². The summed E-state index contributed by atoms with van der Waals surface area (Å²) in [6.07, 6.45) is 1.23. The van der Waals surface area contributed by atoms with Gasteiger partial charge in [0, 0.05) is 16.7 Å². The Balaban J connectivity index is 2.63. The largest absolute Gasteiger partial charge is 0.399 e. The van der Waals surface area contributed by atoms with E-state index in [1.807, 2.05) is 23.9 Å². The van der Waals surface area contributed by atoms with Gasteiger partial charge in [0.25, 0.3) is 0 Å². The topological polar surface area (TPSA) is 26.0 Å². The lowest BCUT2D eigenvalue weighted by molar-refractivity contribution is 0.905. The fraction of sp³-hybridized carbons (Fsp3) is 0.500. The molecule has 0 aromatic heterocycles. The summed E-state index contributed by atoms with van der Waals surface area (Å²) >= 11 is 2.00. The highest BCUT2D eigenvalue weighted by Gasteiger charge is 2.04.